The van der Waals surface area contributed by atoms with E-state index in [1.54, 1.807) is 12.3 Å². The quantitative estimate of drug-likeness (QED) is 0.677. The van der Waals surface area contributed by atoms with E-state index < -0.39 is 0 Å². The van der Waals surface area contributed by atoms with E-state index in [0.29, 0.717) is 16.5 Å². The molecule has 0 radical (unpaired) electrons. The van der Waals surface area contributed by atoms with Crippen LogP contribution in [-0.2, 0) is 0 Å². The molecule has 0 amide bonds. The number of hydrogen-bond acceptors (Lipinski definition) is 3. The Morgan fingerprint density at radius 2 is 1.80 bits per heavy atom. The zero-order valence-corrected chi connectivity index (χ0v) is 13.9. The van der Waals surface area contributed by atoms with Gasteiger partial charge < -0.3 is 15.0 Å². The SMILES string of the molecule is Oc1[nH]c2ccc(F)cc2c1C=Nc1ccc(N2CCCCC2)cc1. The van der Waals surface area contributed by atoms with Gasteiger partial charge in [-0.05, 0) is 61.7 Å². The fraction of sp³-hybridized carbons (Fsp3) is 0.250. The number of anilines is 1. The van der Waals surface area contributed by atoms with Gasteiger partial charge in [0, 0.05) is 35.9 Å². The molecule has 0 spiro atoms. The van der Waals surface area contributed by atoms with Crippen LogP contribution in [-0.4, -0.2) is 29.4 Å². The van der Waals surface area contributed by atoms with Crippen molar-refractivity contribution in [2.24, 2.45) is 4.99 Å². The van der Waals surface area contributed by atoms with Crippen molar-refractivity contribution in [1.82, 2.24) is 4.98 Å². The Labute approximate surface area is 145 Å². The van der Waals surface area contributed by atoms with Crippen molar-refractivity contribution in [3.05, 3.63) is 53.8 Å². The van der Waals surface area contributed by atoms with Gasteiger partial charge in [0.15, 0.2) is 5.88 Å². The van der Waals surface area contributed by atoms with Gasteiger partial charge in [-0.1, -0.05) is 0 Å². The highest BCUT2D eigenvalue weighted by Crippen LogP contribution is 2.28. The number of rotatable bonds is 3. The maximum absolute atomic E-state index is 13.5. The number of hydrogen-bond donors (Lipinski definition) is 2. The number of aliphatic imine (C=N–C) groups is 1. The van der Waals surface area contributed by atoms with Gasteiger partial charge in [0.05, 0.1) is 11.3 Å². The van der Waals surface area contributed by atoms with Crippen molar-refractivity contribution in [2.75, 3.05) is 18.0 Å². The van der Waals surface area contributed by atoms with Crippen molar-refractivity contribution in [3.63, 3.8) is 0 Å². The Hall–Kier alpha value is -2.82. The molecule has 128 valence electrons. The Morgan fingerprint density at radius 1 is 1.04 bits per heavy atom. The van der Waals surface area contributed by atoms with Crippen LogP contribution in [0.1, 0.15) is 24.8 Å². The molecule has 1 saturated heterocycles. The lowest BCUT2D eigenvalue weighted by atomic mass is 10.1. The van der Waals surface area contributed by atoms with Crippen molar-refractivity contribution in [3.8, 4) is 5.88 Å². The highest BCUT2D eigenvalue weighted by Gasteiger charge is 2.11. The van der Waals surface area contributed by atoms with Crippen LogP contribution in [0.2, 0.25) is 0 Å². The molecule has 0 saturated carbocycles. The first-order valence-corrected chi connectivity index (χ1v) is 8.60. The highest BCUT2D eigenvalue weighted by atomic mass is 19.1. The van der Waals surface area contributed by atoms with E-state index in [1.807, 2.05) is 12.1 Å². The van der Waals surface area contributed by atoms with Crippen LogP contribution in [0, 0.1) is 5.82 Å². The molecular formula is C20H20FN3O. The fourth-order valence-electron chi connectivity index (χ4n) is 3.34. The molecule has 4 nitrogen and oxygen atoms in total. The molecule has 0 unspecified atom stereocenters. The van der Waals surface area contributed by atoms with Gasteiger partial charge in [-0.25, -0.2) is 4.39 Å². The summed E-state index contributed by atoms with van der Waals surface area (Å²) in [4.78, 5) is 9.66. The fourth-order valence-corrected chi connectivity index (χ4v) is 3.34. The first kappa shape index (κ1) is 15.7. The summed E-state index contributed by atoms with van der Waals surface area (Å²) in [6.45, 7) is 2.22. The summed E-state index contributed by atoms with van der Waals surface area (Å²) in [6.07, 6.45) is 5.38. The molecule has 5 heteroatoms. The van der Waals surface area contributed by atoms with Crippen molar-refractivity contribution < 1.29 is 9.50 Å². The van der Waals surface area contributed by atoms with Gasteiger partial charge >= 0.3 is 0 Å². The maximum Gasteiger partial charge on any atom is 0.198 e. The number of aromatic nitrogens is 1. The number of aromatic amines is 1. The third-order valence-electron chi connectivity index (χ3n) is 4.69. The molecule has 1 aromatic heterocycles. The Balaban J connectivity index is 1.57. The summed E-state index contributed by atoms with van der Waals surface area (Å²) in [7, 11) is 0. The minimum absolute atomic E-state index is 0.00529. The molecule has 1 aliphatic heterocycles. The van der Waals surface area contributed by atoms with E-state index in [0.717, 1.165) is 18.8 Å². The van der Waals surface area contributed by atoms with Crippen LogP contribution in [0.3, 0.4) is 0 Å². The standard InChI is InChI=1S/C20H20FN3O/c21-14-4-9-19-17(12-14)18(20(25)23-19)13-22-15-5-7-16(8-6-15)24-10-2-1-3-11-24/h4-9,12-13,23,25H,1-3,10-11H2. The molecule has 2 heterocycles. The van der Waals surface area contributed by atoms with Crippen LogP contribution in [0.25, 0.3) is 10.9 Å². The van der Waals surface area contributed by atoms with Gasteiger partial charge in [-0.2, -0.15) is 0 Å². The van der Waals surface area contributed by atoms with Crippen molar-refractivity contribution >= 4 is 28.5 Å². The Bertz CT molecular complexity index is 909. The zero-order chi connectivity index (χ0) is 17.2. The summed E-state index contributed by atoms with van der Waals surface area (Å²) < 4.78 is 13.5. The molecule has 2 aromatic carbocycles. The molecule has 0 atom stereocenters. The molecule has 25 heavy (non-hydrogen) atoms. The lowest BCUT2D eigenvalue weighted by Crippen LogP contribution is -2.29. The van der Waals surface area contributed by atoms with E-state index >= 15 is 0 Å². The van der Waals surface area contributed by atoms with Crippen LogP contribution in [0.5, 0.6) is 5.88 Å². The smallest absolute Gasteiger partial charge is 0.198 e. The molecule has 1 aliphatic rings. The minimum atomic E-state index is -0.341. The third-order valence-corrected chi connectivity index (χ3v) is 4.69. The van der Waals surface area contributed by atoms with Gasteiger partial charge in [-0.15, -0.1) is 0 Å². The summed E-state index contributed by atoms with van der Waals surface area (Å²) in [5, 5.41) is 10.7. The number of nitrogens with one attached hydrogen (secondary N) is 1. The van der Waals surface area contributed by atoms with E-state index in [9.17, 15) is 9.50 Å². The van der Waals surface area contributed by atoms with E-state index in [-0.39, 0.29) is 11.7 Å². The topological polar surface area (TPSA) is 51.6 Å². The largest absolute Gasteiger partial charge is 0.494 e. The second kappa shape index (κ2) is 6.59. The van der Waals surface area contributed by atoms with Crippen LogP contribution in [0.4, 0.5) is 15.8 Å². The normalized spacial score (nSPS) is 15.3. The van der Waals surface area contributed by atoms with Gasteiger partial charge in [0.1, 0.15) is 5.82 Å². The van der Waals surface area contributed by atoms with Gasteiger partial charge in [0.25, 0.3) is 0 Å². The van der Waals surface area contributed by atoms with Crippen molar-refractivity contribution in [1.29, 1.82) is 0 Å². The molecule has 4 rings (SSSR count). The number of benzene rings is 2. The summed E-state index contributed by atoms with van der Waals surface area (Å²) in [5.74, 6) is -0.346. The molecule has 0 bridgehead atoms. The molecule has 2 N–H and O–H groups in total. The highest BCUT2D eigenvalue weighted by molar-refractivity contribution is 6.02. The van der Waals surface area contributed by atoms with E-state index in [1.165, 1.54) is 37.1 Å². The number of piperidine rings is 1. The first-order valence-electron chi connectivity index (χ1n) is 8.60. The predicted octanol–water partition coefficient (Wildman–Crippen LogP) is 4.75. The average Bonchev–Trinajstić information content (AvgIpc) is 2.96. The molecule has 0 aliphatic carbocycles. The Kier molecular flexibility index (Phi) is 4.14. The summed E-state index contributed by atoms with van der Waals surface area (Å²) >= 11 is 0. The van der Waals surface area contributed by atoms with E-state index in [4.69, 9.17) is 0 Å². The number of aromatic hydroxyl groups is 1. The lowest BCUT2D eigenvalue weighted by Gasteiger charge is -2.28. The summed E-state index contributed by atoms with van der Waals surface area (Å²) in [6, 6.07) is 12.4. The van der Waals surface area contributed by atoms with Crippen LogP contribution < -0.4 is 4.90 Å². The number of H-pyrrole nitrogens is 1. The predicted molar refractivity (Wildman–Crippen MR) is 99.7 cm³/mol. The third kappa shape index (κ3) is 3.22. The van der Waals surface area contributed by atoms with Gasteiger partial charge in [0.2, 0.25) is 0 Å². The second-order valence-electron chi connectivity index (χ2n) is 6.40. The monoisotopic (exact) mass is 337 g/mol. The number of halogens is 1. The maximum atomic E-state index is 13.5. The minimum Gasteiger partial charge on any atom is -0.494 e. The Morgan fingerprint density at radius 3 is 2.56 bits per heavy atom. The zero-order valence-electron chi connectivity index (χ0n) is 13.9. The molecule has 3 aromatic rings. The molecule has 1 fully saturated rings. The van der Waals surface area contributed by atoms with Crippen molar-refractivity contribution in [2.45, 2.75) is 19.3 Å². The second-order valence-corrected chi connectivity index (χ2v) is 6.40. The summed E-state index contributed by atoms with van der Waals surface area (Å²) in [5.41, 5.74) is 3.19. The van der Waals surface area contributed by atoms with E-state index in [2.05, 4.69) is 27.0 Å². The average molecular weight is 337 g/mol. The number of nitrogens with zero attached hydrogens (tertiary/aromatic N) is 2. The van der Waals surface area contributed by atoms with Crippen LogP contribution in [0.15, 0.2) is 47.5 Å². The lowest BCUT2D eigenvalue weighted by molar-refractivity contribution is 0.457. The number of fused-ring (bicyclic) bond motifs is 1. The van der Waals surface area contributed by atoms with Crippen LogP contribution >= 0.6 is 0 Å². The molecular weight excluding hydrogens is 317 g/mol. The first-order chi connectivity index (χ1) is 12.2. The van der Waals surface area contributed by atoms with Gasteiger partial charge in [-0.3, -0.25) is 4.99 Å².